The molecule has 12 heteroatoms. The van der Waals surface area contributed by atoms with Gasteiger partial charge in [-0.3, -0.25) is 19.4 Å². The maximum atomic E-state index is 13.8. The number of anilines is 2. The number of ether oxygens (including phenoxy) is 2. The highest BCUT2D eigenvalue weighted by Gasteiger charge is 2.40. The van der Waals surface area contributed by atoms with Crippen LogP contribution in [0.3, 0.4) is 0 Å². The van der Waals surface area contributed by atoms with Crippen LogP contribution in [0.5, 0.6) is 0 Å². The van der Waals surface area contributed by atoms with E-state index in [4.69, 9.17) is 18.9 Å². The Morgan fingerprint density at radius 3 is 2.43 bits per heavy atom. The molecule has 0 radical (unpaired) electrons. The van der Waals surface area contributed by atoms with Crippen LogP contribution in [-0.4, -0.2) is 71.8 Å². The summed E-state index contributed by atoms with van der Waals surface area (Å²) in [6.07, 6.45) is 2.36. The molecule has 3 aromatic carbocycles. The first kappa shape index (κ1) is 32.5. The van der Waals surface area contributed by atoms with E-state index in [1.54, 1.807) is 29.4 Å². The minimum Gasteiger partial charge on any atom is -0.467 e. The second-order valence-electron chi connectivity index (χ2n) is 12.0. The summed E-state index contributed by atoms with van der Waals surface area (Å²) in [5.41, 5.74) is 4.12. The second kappa shape index (κ2) is 15.0. The summed E-state index contributed by atoms with van der Waals surface area (Å²) < 4.78 is 16.5. The number of amidine groups is 1. The Balaban J connectivity index is 1.02. The Labute approximate surface area is 288 Å². The molecule has 3 saturated heterocycles. The summed E-state index contributed by atoms with van der Waals surface area (Å²) in [5, 5.41) is 3.01. The van der Waals surface area contributed by atoms with E-state index in [9.17, 15) is 14.4 Å². The van der Waals surface area contributed by atoms with E-state index in [-0.39, 0.29) is 25.0 Å². The van der Waals surface area contributed by atoms with E-state index in [1.807, 2.05) is 72.8 Å². The third-order valence-corrected chi connectivity index (χ3v) is 10.00. The monoisotopic (exact) mass is 679 g/mol. The molecule has 0 saturated carbocycles. The van der Waals surface area contributed by atoms with Gasteiger partial charge in [0.15, 0.2) is 5.17 Å². The van der Waals surface area contributed by atoms with Crippen molar-refractivity contribution in [2.45, 2.75) is 37.3 Å². The third-order valence-electron chi connectivity index (χ3n) is 8.77. The normalized spacial score (nSPS) is 20.2. The van der Waals surface area contributed by atoms with E-state index < -0.39 is 17.4 Å². The maximum absolute atomic E-state index is 13.8. The van der Waals surface area contributed by atoms with Gasteiger partial charge < -0.3 is 24.1 Å². The van der Waals surface area contributed by atoms with Crippen molar-refractivity contribution < 1.29 is 28.3 Å². The van der Waals surface area contributed by atoms with Crippen LogP contribution < -0.4 is 10.2 Å². The molecule has 252 valence electrons. The minimum atomic E-state index is -0.619. The number of amides is 3. The molecule has 0 aliphatic carbocycles. The molecule has 3 fully saturated rings. The van der Waals surface area contributed by atoms with Crippen molar-refractivity contribution >= 4 is 51.9 Å². The van der Waals surface area contributed by atoms with Gasteiger partial charge in [-0.1, -0.05) is 54.2 Å². The topological polar surface area (TPSA) is 117 Å². The van der Waals surface area contributed by atoms with E-state index >= 15 is 0 Å². The van der Waals surface area contributed by atoms with Gasteiger partial charge in [-0.15, -0.1) is 0 Å². The van der Waals surface area contributed by atoms with Crippen LogP contribution in [0.15, 0.2) is 107 Å². The number of nitrogens with zero attached hydrogens (tertiary/aromatic N) is 4. The zero-order valence-electron chi connectivity index (χ0n) is 26.9. The number of nitrogens with one attached hydrogen (secondary N) is 1. The number of thioether (sulfide) groups is 1. The number of carbonyl (C=O) groups is 3. The van der Waals surface area contributed by atoms with Crippen LogP contribution in [0.1, 0.15) is 35.0 Å². The Kier molecular flexibility index (Phi) is 9.94. The SMILES string of the molecule is O=C(Nc1ccc(C2SC(=Nc3ccc(N4CCOCC4)cc3)N(Cc3ccco3)C2=O)cc1)[C@@H]1CCCN1C(=O)OCc1ccccc1. The highest BCUT2D eigenvalue weighted by Crippen LogP contribution is 2.41. The van der Waals surface area contributed by atoms with Crippen LogP contribution in [0.4, 0.5) is 21.9 Å². The lowest BCUT2D eigenvalue weighted by Gasteiger charge is -2.28. The molecular weight excluding hydrogens is 643 g/mol. The van der Waals surface area contributed by atoms with E-state index in [0.717, 1.165) is 42.0 Å². The number of benzene rings is 3. The molecule has 1 N–H and O–H groups in total. The van der Waals surface area contributed by atoms with Gasteiger partial charge in [0, 0.05) is 31.0 Å². The molecular formula is C37H37N5O6S. The zero-order valence-corrected chi connectivity index (χ0v) is 27.7. The fraction of sp³-hybridized carbons (Fsp3) is 0.297. The molecule has 11 nitrogen and oxygen atoms in total. The van der Waals surface area contributed by atoms with Crippen molar-refractivity contribution in [3.05, 3.63) is 114 Å². The summed E-state index contributed by atoms with van der Waals surface area (Å²) >= 11 is 1.39. The highest BCUT2D eigenvalue weighted by atomic mass is 32.2. The van der Waals surface area contributed by atoms with Gasteiger partial charge in [0.05, 0.1) is 31.7 Å². The largest absolute Gasteiger partial charge is 0.467 e. The smallest absolute Gasteiger partial charge is 0.410 e. The van der Waals surface area contributed by atoms with Gasteiger partial charge in [-0.2, -0.15) is 0 Å². The molecule has 1 unspecified atom stereocenters. The van der Waals surface area contributed by atoms with Crippen LogP contribution in [-0.2, 0) is 32.2 Å². The van der Waals surface area contributed by atoms with Gasteiger partial charge in [0.2, 0.25) is 11.8 Å². The number of hydrogen-bond donors (Lipinski definition) is 1. The van der Waals surface area contributed by atoms with Crippen molar-refractivity contribution in [3.63, 3.8) is 0 Å². The third kappa shape index (κ3) is 7.65. The van der Waals surface area contributed by atoms with Crippen molar-refractivity contribution in [2.24, 2.45) is 4.99 Å². The lowest BCUT2D eigenvalue weighted by molar-refractivity contribution is -0.126. The fourth-order valence-corrected chi connectivity index (χ4v) is 7.33. The van der Waals surface area contributed by atoms with Crippen molar-refractivity contribution in [2.75, 3.05) is 43.1 Å². The second-order valence-corrected chi connectivity index (χ2v) is 13.1. The first-order valence-electron chi connectivity index (χ1n) is 16.4. The van der Waals surface area contributed by atoms with Crippen molar-refractivity contribution in [1.29, 1.82) is 0 Å². The summed E-state index contributed by atoms with van der Waals surface area (Å²) in [7, 11) is 0. The first-order valence-corrected chi connectivity index (χ1v) is 17.3. The molecule has 1 aromatic heterocycles. The number of furan rings is 1. The Bertz CT molecular complexity index is 1780. The van der Waals surface area contributed by atoms with Gasteiger partial charge in [0.25, 0.3) is 0 Å². The molecule has 7 rings (SSSR count). The number of hydrogen-bond acceptors (Lipinski definition) is 9. The number of aliphatic imine (C=N–C) groups is 1. The number of rotatable bonds is 9. The predicted molar refractivity (Wildman–Crippen MR) is 188 cm³/mol. The van der Waals surface area contributed by atoms with Gasteiger partial charge in [-0.25, -0.2) is 9.79 Å². The summed E-state index contributed by atoms with van der Waals surface area (Å²) in [6, 6.07) is 27.7. The Morgan fingerprint density at radius 2 is 1.69 bits per heavy atom. The standard InChI is InChI=1S/C37H37N5O6S/c43-34(32-9-4-18-41(32)37(45)48-25-26-6-2-1-3-7-26)38-28-12-10-27(11-13-28)33-35(44)42(24-31-8-5-21-47-31)36(49-33)39-29-14-16-30(17-15-29)40-19-22-46-23-20-40/h1-3,5-8,10-17,21,32-33H,4,9,18-20,22-25H2,(H,38,43)/t32-,33?/m0/s1. The lowest BCUT2D eigenvalue weighted by atomic mass is 10.1. The van der Waals surface area contributed by atoms with E-state index in [2.05, 4.69) is 10.2 Å². The summed E-state index contributed by atoms with van der Waals surface area (Å²) in [6.45, 7) is 4.00. The molecule has 3 aliphatic rings. The molecule has 4 heterocycles. The number of morpholine rings is 1. The van der Waals surface area contributed by atoms with Gasteiger partial charge in [0.1, 0.15) is 23.7 Å². The summed E-state index contributed by atoms with van der Waals surface area (Å²) in [5.74, 6) is 0.289. The maximum Gasteiger partial charge on any atom is 0.410 e. The number of carbonyl (C=O) groups excluding carboxylic acids is 3. The van der Waals surface area contributed by atoms with Gasteiger partial charge in [-0.05, 0) is 72.5 Å². The van der Waals surface area contributed by atoms with E-state index in [1.165, 1.54) is 16.7 Å². The molecule has 3 amide bonds. The molecule has 49 heavy (non-hydrogen) atoms. The van der Waals surface area contributed by atoms with Crippen LogP contribution in [0.25, 0.3) is 0 Å². The van der Waals surface area contributed by atoms with Gasteiger partial charge >= 0.3 is 6.09 Å². The quantitative estimate of drug-likeness (QED) is 0.217. The molecule has 4 aromatic rings. The molecule has 0 bridgehead atoms. The van der Waals surface area contributed by atoms with Crippen molar-refractivity contribution in [3.8, 4) is 0 Å². The lowest BCUT2D eigenvalue weighted by Crippen LogP contribution is -2.43. The van der Waals surface area contributed by atoms with Crippen LogP contribution in [0.2, 0.25) is 0 Å². The first-order chi connectivity index (χ1) is 24.0. The molecule has 3 aliphatic heterocycles. The Hall–Kier alpha value is -5.07. The summed E-state index contributed by atoms with van der Waals surface area (Å²) in [4.78, 5) is 50.2. The average molecular weight is 680 g/mol. The number of likely N-dealkylation sites (tertiary alicyclic amines) is 1. The minimum absolute atomic E-state index is 0.0996. The van der Waals surface area contributed by atoms with E-state index in [0.29, 0.717) is 42.8 Å². The molecule has 2 atom stereocenters. The Morgan fingerprint density at radius 1 is 0.918 bits per heavy atom. The fourth-order valence-electron chi connectivity index (χ4n) is 6.15. The van der Waals surface area contributed by atoms with Crippen LogP contribution >= 0.6 is 11.8 Å². The zero-order chi connectivity index (χ0) is 33.6. The van der Waals surface area contributed by atoms with Crippen molar-refractivity contribution in [1.82, 2.24) is 9.80 Å². The average Bonchev–Trinajstić information content (AvgIpc) is 3.91. The highest BCUT2D eigenvalue weighted by molar-refractivity contribution is 8.15. The molecule has 0 spiro atoms. The predicted octanol–water partition coefficient (Wildman–Crippen LogP) is 6.36. The van der Waals surface area contributed by atoms with Crippen LogP contribution in [0, 0.1) is 0 Å².